The summed E-state index contributed by atoms with van der Waals surface area (Å²) in [6.45, 7) is 0.200. The van der Waals surface area contributed by atoms with Gasteiger partial charge in [0.05, 0.1) is 0 Å². The zero-order chi connectivity index (χ0) is 9.40. The third kappa shape index (κ3) is 6.54. The number of aliphatic hydroxyl groups is 4. The maximum absolute atomic E-state index is 8.93. The molecular formula is C8H18O4. The lowest BCUT2D eigenvalue weighted by Crippen LogP contribution is -2.24. The Bertz CT molecular complexity index is 95.1. The Labute approximate surface area is 72.5 Å². The first-order valence-electron chi connectivity index (χ1n) is 4.33. The van der Waals surface area contributed by atoms with E-state index in [4.69, 9.17) is 20.4 Å². The van der Waals surface area contributed by atoms with Crippen LogP contribution in [0.25, 0.3) is 0 Å². The summed E-state index contributed by atoms with van der Waals surface area (Å²) in [5.74, 6) is 0. The first kappa shape index (κ1) is 11.8. The lowest BCUT2D eigenvalue weighted by molar-refractivity contribution is -0.124. The van der Waals surface area contributed by atoms with E-state index >= 15 is 0 Å². The first-order chi connectivity index (χ1) is 5.68. The largest absolute Gasteiger partial charge is 0.396 e. The van der Waals surface area contributed by atoms with Gasteiger partial charge in [-0.25, -0.2) is 0 Å². The van der Waals surface area contributed by atoms with E-state index in [9.17, 15) is 0 Å². The number of aliphatic hydroxyl groups excluding tert-OH is 3. The Morgan fingerprint density at radius 3 is 1.92 bits per heavy atom. The Kier molecular flexibility index (Phi) is 7.39. The van der Waals surface area contributed by atoms with Crippen LogP contribution in [0.5, 0.6) is 0 Å². The number of unbranched alkanes of at least 4 members (excludes halogenated alkanes) is 3. The van der Waals surface area contributed by atoms with Crippen molar-refractivity contribution in [2.24, 2.45) is 0 Å². The standard InChI is InChI=1S/C8H18O4/c9-6-4-2-1-3-5-7(10)8(11)12/h7-12H,1-6H2. The molecule has 1 atom stereocenters. The van der Waals surface area contributed by atoms with E-state index in [2.05, 4.69) is 0 Å². The molecule has 0 aliphatic heterocycles. The zero-order valence-electron chi connectivity index (χ0n) is 7.19. The first-order valence-corrected chi connectivity index (χ1v) is 4.33. The van der Waals surface area contributed by atoms with Gasteiger partial charge < -0.3 is 20.4 Å². The third-order valence-electron chi connectivity index (χ3n) is 1.75. The minimum atomic E-state index is -1.62. The minimum Gasteiger partial charge on any atom is -0.396 e. The molecule has 0 aromatic carbocycles. The zero-order valence-corrected chi connectivity index (χ0v) is 7.19. The summed E-state index contributed by atoms with van der Waals surface area (Å²) in [5, 5.41) is 34.3. The fourth-order valence-corrected chi connectivity index (χ4v) is 0.968. The molecule has 0 aliphatic carbocycles. The van der Waals surface area contributed by atoms with Gasteiger partial charge in [0.25, 0.3) is 0 Å². The monoisotopic (exact) mass is 178 g/mol. The van der Waals surface area contributed by atoms with E-state index < -0.39 is 12.4 Å². The van der Waals surface area contributed by atoms with Gasteiger partial charge in [0, 0.05) is 6.61 Å². The van der Waals surface area contributed by atoms with Crippen molar-refractivity contribution in [2.75, 3.05) is 6.61 Å². The summed E-state index contributed by atoms with van der Waals surface area (Å²) in [4.78, 5) is 0. The van der Waals surface area contributed by atoms with Crippen molar-refractivity contribution >= 4 is 0 Å². The maximum atomic E-state index is 8.93. The molecular weight excluding hydrogens is 160 g/mol. The molecule has 0 fully saturated rings. The molecule has 0 heterocycles. The van der Waals surface area contributed by atoms with Crippen LogP contribution in [0.15, 0.2) is 0 Å². The molecule has 0 aliphatic rings. The molecule has 1 unspecified atom stereocenters. The van der Waals surface area contributed by atoms with Gasteiger partial charge in [0.2, 0.25) is 0 Å². The van der Waals surface area contributed by atoms with Gasteiger partial charge in [-0.3, -0.25) is 0 Å². The van der Waals surface area contributed by atoms with E-state index in [0.717, 1.165) is 25.7 Å². The van der Waals surface area contributed by atoms with Gasteiger partial charge >= 0.3 is 0 Å². The van der Waals surface area contributed by atoms with Gasteiger partial charge in [-0.1, -0.05) is 19.3 Å². The van der Waals surface area contributed by atoms with Gasteiger partial charge in [-0.05, 0) is 12.8 Å². The number of hydrogen-bond acceptors (Lipinski definition) is 4. The molecule has 4 heteroatoms. The predicted molar refractivity (Wildman–Crippen MR) is 44.4 cm³/mol. The summed E-state index contributed by atoms with van der Waals surface area (Å²) in [6.07, 6.45) is 1.12. The lowest BCUT2D eigenvalue weighted by atomic mass is 10.1. The van der Waals surface area contributed by atoms with E-state index in [0.29, 0.717) is 6.42 Å². The van der Waals surface area contributed by atoms with Crippen LogP contribution in [0.2, 0.25) is 0 Å². The Morgan fingerprint density at radius 1 is 0.833 bits per heavy atom. The molecule has 0 spiro atoms. The van der Waals surface area contributed by atoms with Gasteiger partial charge in [0.1, 0.15) is 6.10 Å². The Balaban J connectivity index is 3.08. The fourth-order valence-electron chi connectivity index (χ4n) is 0.968. The normalized spacial score (nSPS) is 13.8. The summed E-state index contributed by atoms with van der Waals surface area (Å²) in [6, 6.07) is 0. The average molecular weight is 178 g/mol. The quantitative estimate of drug-likeness (QED) is 0.316. The molecule has 4 nitrogen and oxygen atoms in total. The summed E-state index contributed by atoms with van der Waals surface area (Å²) >= 11 is 0. The Hall–Kier alpha value is -0.160. The van der Waals surface area contributed by atoms with Crippen LogP contribution in [0.4, 0.5) is 0 Å². The minimum absolute atomic E-state index is 0.200. The van der Waals surface area contributed by atoms with Crippen molar-refractivity contribution in [1.82, 2.24) is 0 Å². The molecule has 0 amide bonds. The highest BCUT2D eigenvalue weighted by molar-refractivity contribution is 4.56. The third-order valence-corrected chi connectivity index (χ3v) is 1.75. The van der Waals surface area contributed by atoms with Crippen LogP contribution in [0, 0.1) is 0 Å². The molecule has 0 saturated carbocycles. The lowest BCUT2D eigenvalue weighted by Gasteiger charge is -2.11. The summed E-state index contributed by atoms with van der Waals surface area (Å²) < 4.78 is 0. The highest BCUT2D eigenvalue weighted by atomic mass is 16.5. The second-order valence-electron chi connectivity index (χ2n) is 2.91. The van der Waals surface area contributed by atoms with Crippen molar-refractivity contribution in [1.29, 1.82) is 0 Å². The van der Waals surface area contributed by atoms with E-state index in [1.807, 2.05) is 0 Å². The molecule has 0 rings (SSSR count). The predicted octanol–water partition coefficient (Wildman–Crippen LogP) is -0.399. The van der Waals surface area contributed by atoms with Crippen LogP contribution in [0.3, 0.4) is 0 Å². The van der Waals surface area contributed by atoms with Crippen molar-refractivity contribution in [3.8, 4) is 0 Å². The summed E-state index contributed by atoms with van der Waals surface area (Å²) in [5.41, 5.74) is 0. The van der Waals surface area contributed by atoms with Crippen LogP contribution >= 0.6 is 0 Å². The van der Waals surface area contributed by atoms with Crippen molar-refractivity contribution < 1.29 is 20.4 Å². The van der Waals surface area contributed by atoms with Crippen LogP contribution in [-0.4, -0.2) is 39.4 Å². The molecule has 74 valence electrons. The van der Waals surface area contributed by atoms with E-state index in [-0.39, 0.29) is 6.61 Å². The second kappa shape index (κ2) is 7.49. The second-order valence-corrected chi connectivity index (χ2v) is 2.91. The highest BCUT2D eigenvalue weighted by Gasteiger charge is 2.10. The average Bonchev–Trinajstić information content (AvgIpc) is 2.03. The van der Waals surface area contributed by atoms with Gasteiger partial charge in [-0.15, -0.1) is 0 Å². The van der Waals surface area contributed by atoms with Crippen LogP contribution in [0.1, 0.15) is 32.1 Å². The molecule has 0 aromatic heterocycles. The highest BCUT2D eigenvalue weighted by Crippen LogP contribution is 2.06. The number of rotatable bonds is 7. The van der Waals surface area contributed by atoms with Crippen molar-refractivity contribution in [3.63, 3.8) is 0 Å². The smallest absolute Gasteiger partial charge is 0.178 e. The van der Waals surface area contributed by atoms with Crippen LogP contribution in [-0.2, 0) is 0 Å². The molecule has 0 saturated heterocycles. The molecule has 0 radical (unpaired) electrons. The molecule has 0 aromatic rings. The maximum Gasteiger partial charge on any atom is 0.178 e. The van der Waals surface area contributed by atoms with Crippen molar-refractivity contribution in [3.05, 3.63) is 0 Å². The van der Waals surface area contributed by atoms with Gasteiger partial charge in [-0.2, -0.15) is 0 Å². The summed E-state index contributed by atoms with van der Waals surface area (Å²) in [7, 11) is 0. The topological polar surface area (TPSA) is 80.9 Å². The van der Waals surface area contributed by atoms with E-state index in [1.54, 1.807) is 0 Å². The van der Waals surface area contributed by atoms with Crippen molar-refractivity contribution in [2.45, 2.75) is 44.5 Å². The molecule has 4 N–H and O–H groups in total. The Morgan fingerprint density at radius 2 is 1.42 bits per heavy atom. The van der Waals surface area contributed by atoms with Gasteiger partial charge in [0.15, 0.2) is 6.29 Å². The SMILES string of the molecule is OCCCCCCC(O)C(O)O. The molecule has 0 bridgehead atoms. The molecule has 12 heavy (non-hydrogen) atoms. The fraction of sp³-hybridized carbons (Fsp3) is 1.00. The van der Waals surface area contributed by atoms with E-state index in [1.165, 1.54) is 0 Å². The number of hydrogen-bond donors (Lipinski definition) is 4. The van der Waals surface area contributed by atoms with Crippen LogP contribution < -0.4 is 0 Å².